The Kier molecular flexibility index (Phi) is 6.17. The van der Waals surface area contributed by atoms with Crippen LogP contribution in [0.15, 0.2) is 35.9 Å². The van der Waals surface area contributed by atoms with Crippen molar-refractivity contribution in [1.29, 1.82) is 0 Å². The summed E-state index contributed by atoms with van der Waals surface area (Å²) in [5, 5.41) is 9.70. The molecule has 124 valence electrons. The van der Waals surface area contributed by atoms with Crippen LogP contribution in [0, 0.1) is 0 Å². The lowest BCUT2D eigenvalue weighted by Crippen LogP contribution is -2.35. The zero-order valence-corrected chi connectivity index (χ0v) is 13.3. The lowest BCUT2D eigenvalue weighted by molar-refractivity contribution is -0.104. The molecular weight excluding hydrogens is 287 g/mol. The number of halogens is 1. The summed E-state index contributed by atoms with van der Waals surface area (Å²) in [6, 6.07) is 0. The van der Waals surface area contributed by atoms with Crippen molar-refractivity contribution in [1.82, 2.24) is 0 Å². The molecule has 0 spiro atoms. The van der Waals surface area contributed by atoms with Crippen LogP contribution < -0.4 is 0 Å². The van der Waals surface area contributed by atoms with Gasteiger partial charge in [0.25, 0.3) is 0 Å². The third kappa shape index (κ3) is 4.18. The molecule has 0 aromatic rings. The molecule has 0 aromatic heterocycles. The molecule has 0 radical (unpaired) electrons. The van der Waals surface area contributed by atoms with Gasteiger partial charge < -0.3 is 19.3 Å². The first-order chi connectivity index (χ1) is 10.6. The van der Waals surface area contributed by atoms with Crippen molar-refractivity contribution in [3.05, 3.63) is 35.9 Å². The van der Waals surface area contributed by atoms with Crippen molar-refractivity contribution in [2.24, 2.45) is 0 Å². The monoisotopic (exact) mass is 312 g/mol. The molecular formula is C17H25FO4. The summed E-state index contributed by atoms with van der Waals surface area (Å²) >= 11 is 0. The van der Waals surface area contributed by atoms with Crippen LogP contribution in [0.5, 0.6) is 0 Å². The van der Waals surface area contributed by atoms with E-state index in [-0.39, 0.29) is 30.7 Å². The summed E-state index contributed by atoms with van der Waals surface area (Å²) < 4.78 is 30.4. The van der Waals surface area contributed by atoms with Gasteiger partial charge in [-0.25, -0.2) is 4.39 Å². The van der Waals surface area contributed by atoms with Gasteiger partial charge in [-0.1, -0.05) is 6.58 Å². The van der Waals surface area contributed by atoms with Crippen LogP contribution in [0.2, 0.25) is 0 Å². The molecule has 2 bridgehead atoms. The van der Waals surface area contributed by atoms with Gasteiger partial charge in [0.2, 0.25) is 0 Å². The number of hydrogen-bond donors (Lipinski definition) is 1. The van der Waals surface area contributed by atoms with Crippen LogP contribution in [0.4, 0.5) is 4.39 Å². The molecule has 0 amide bonds. The van der Waals surface area contributed by atoms with Crippen LogP contribution in [0.3, 0.4) is 0 Å². The number of ether oxygens (including phenoxy) is 3. The predicted octanol–water partition coefficient (Wildman–Crippen LogP) is 3.03. The number of aliphatic hydroxyl groups is 1. The van der Waals surface area contributed by atoms with Crippen molar-refractivity contribution < 1.29 is 23.7 Å². The maximum absolute atomic E-state index is 13.4. The van der Waals surface area contributed by atoms with Gasteiger partial charge in [-0.2, -0.15) is 0 Å². The Balaban J connectivity index is 2.15. The van der Waals surface area contributed by atoms with Crippen molar-refractivity contribution in [2.45, 2.75) is 57.0 Å². The van der Waals surface area contributed by atoms with Gasteiger partial charge in [0.1, 0.15) is 11.9 Å². The van der Waals surface area contributed by atoms with E-state index in [1.807, 2.05) is 0 Å². The summed E-state index contributed by atoms with van der Waals surface area (Å²) in [5.41, 5.74) is 0.471. The highest BCUT2D eigenvalue weighted by molar-refractivity contribution is 5.33. The van der Waals surface area contributed by atoms with E-state index < -0.39 is 6.10 Å². The third-order valence-corrected chi connectivity index (χ3v) is 4.16. The minimum absolute atomic E-state index is 0.00892. The topological polar surface area (TPSA) is 47.9 Å². The zero-order valence-electron chi connectivity index (χ0n) is 13.3. The number of aliphatic hydroxyl groups excluding tert-OH is 1. The molecule has 5 heteroatoms. The first-order valence-corrected chi connectivity index (χ1v) is 7.73. The van der Waals surface area contributed by atoms with E-state index in [9.17, 15) is 9.50 Å². The van der Waals surface area contributed by atoms with Gasteiger partial charge in [-0.15, -0.1) is 0 Å². The van der Waals surface area contributed by atoms with Crippen molar-refractivity contribution in [3.63, 3.8) is 0 Å². The van der Waals surface area contributed by atoms with E-state index in [0.717, 1.165) is 25.7 Å². The average molecular weight is 312 g/mol. The quantitative estimate of drug-likeness (QED) is 0.580. The second-order valence-electron chi connectivity index (χ2n) is 5.82. The second kappa shape index (κ2) is 7.90. The normalized spacial score (nSPS) is 30.7. The number of hydrogen-bond acceptors (Lipinski definition) is 4. The fourth-order valence-electron chi connectivity index (χ4n) is 3.22. The highest BCUT2D eigenvalue weighted by Gasteiger charge is 2.36. The maximum Gasteiger partial charge on any atom is 0.124 e. The Hall–Kier alpha value is -1.17. The zero-order chi connectivity index (χ0) is 16.1. The Morgan fingerprint density at radius 1 is 1.41 bits per heavy atom. The highest BCUT2D eigenvalue weighted by Crippen LogP contribution is 2.35. The number of rotatable bonds is 7. The molecule has 0 aliphatic carbocycles. The van der Waals surface area contributed by atoms with Gasteiger partial charge >= 0.3 is 0 Å². The van der Waals surface area contributed by atoms with Crippen molar-refractivity contribution in [3.8, 4) is 0 Å². The van der Waals surface area contributed by atoms with Crippen LogP contribution in [-0.4, -0.2) is 43.2 Å². The first kappa shape index (κ1) is 17.2. The lowest BCUT2D eigenvalue weighted by atomic mass is 10.0. The Morgan fingerprint density at radius 3 is 2.50 bits per heavy atom. The first-order valence-electron chi connectivity index (χ1n) is 7.73. The van der Waals surface area contributed by atoms with E-state index >= 15 is 0 Å². The Bertz CT molecular complexity index is 442. The fraction of sp³-hybridized carbons (Fsp3) is 0.647. The molecule has 4 atom stereocenters. The minimum atomic E-state index is -0.638. The number of allylic oxidation sites excluding steroid dienone is 2. The predicted molar refractivity (Wildman–Crippen MR) is 82.0 cm³/mol. The van der Waals surface area contributed by atoms with Crippen LogP contribution in [0.1, 0.15) is 32.6 Å². The smallest absolute Gasteiger partial charge is 0.124 e. The van der Waals surface area contributed by atoms with Gasteiger partial charge in [-0.3, -0.25) is 0 Å². The van der Waals surface area contributed by atoms with E-state index in [1.165, 1.54) is 26.2 Å². The summed E-state index contributed by atoms with van der Waals surface area (Å²) in [4.78, 5) is 0. The highest BCUT2D eigenvalue weighted by atomic mass is 19.1. The Labute approximate surface area is 131 Å². The van der Waals surface area contributed by atoms with Crippen molar-refractivity contribution in [2.75, 3.05) is 13.7 Å². The largest absolute Gasteiger partial charge is 0.496 e. The number of fused-ring (bicyclic) bond motifs is 2. The van der Waals surface area contributed by atoms with Crippen LogP contribution >= 0.6 is 0 Å². The van der Waals surface area contributed by atoms with E-state index in [4.69, 9.17) is 14.2 Å². The molecule has 0 saturated carbocycles. The summed E-state index contributed by atoms with van der Waals surface area (Å²) in [7, 11) is 1.49. The van der Waals surface area contributed by atoms with Crippen molar-refractivity contribution >= 4 is 0 Å². The third-order valence-electron chi connectivity index (χ3n) is 4.16. The standard InChI is InChI=1S/C17H25FO4/c1-4-16(20-3)15(7-11(2)18)17(10-19)22-14-8-12-5-6-13(9-14)21-12/h4,7,12-14,17,19H,1,5-6,8-10H2,2-3H3/b11-7+,16-15-/t12-,13+,14?,17-/m0/s1. The lowest BCUT2D eigenvalue weighted by Gasteiger charge is -2.31. The maximum atomic E-state index is 13.4. The summed E-state index contributed by atoms with van der Waals surface area (Å²) in [5.74, 6) is 0.0339. The molecule has 4 nitrogen and oxygen atoms in total. The van der Waals surface area contributed by atoms with E-state index in [0.29, 0.717) is 11.3 Å². The average Bonchev–Trinajstić information content (AvgIpc) is 2.83. The van der Waals surface area contributed by atoms with Gasteiger partial charge in [0.15, 0.2) is 0 Å². The molecule has 2 fully saturated rings. The minimum Gasteiger partial charge on any atom is -0.496 e. The molecule has 2 aliphatic heterocycles. The van der Waals surface area contributed by atoms with E-state index in [2.05, 4.69) is 6.58 Å². The second-order valence-corrected chi connectivity index (χ2v) is 5.82. The van der Waals surface area contributed by atoms with Gasteiger partial charge in [-0.05, 0) is 44.8 Å². The molecule has 2 rings (SSSR count). The van der Waals surface area contributed by atoms with Crippen LogP contribution in [-0.2, 0) is 14.2 Å². The molecule has 1 unspecified atom stereocenters. The molecule has 1 N–H and O–H groups in total. The Morgan fingerprint density at radius 2 is 2.05 bits per heavy atom. The molecule has 22 heavy (non-hydrogen) atoms. The van der Waals surface area contributed by atoms with E-state index in [1.54, 1.807) is 0 Å². The van der Waals surface area contributed by atoms with Crippen LogP contribution in [0.25, 0.3) is 0 Å². The number of methoxy groups -OCH3 is 1. The summed E-state index contributed by atoms with van der Waals surface area (Å²) in [6.45, 7) is 4.77. The fourth-order valence-corrected chi connectivity index (χ4v) is 3.22. The van der Waals surface area contributed by atoms with Gasteiger partial charge in [0, 0.05) is 5.57 Å². The molecule has 2 heterocycles. The molecule has 2 saturated heterocycles. The van der Waals surface area contributed by atoms with Gasteiger partial charge in [0.05, 0.1) is 37.9 Å². The SMILES string of the molecule is C=C/C(OC)=C(\C=C(/C)F)[C@H](CO)OC1C[C@H]2CC[C@@H](C1)O2. The molecule has 0 aromatic carbocycles. The summed E-state index contributed by atoms with van der Waals surface area (Å²) in [6.07, 6.45) is 6.45. The molecule has 2 aliphatic rings.